The lowest BCUT2D eigenvalue weighted by Crippen LogP contribution is -2.09. The fourth-order valence-electron chi connectivity index (χ4n) is 1.49. The molecule has 0 saturated heterocycles. The van der Waals surface area contributed by atoms with Crippen LogP contribution in [0, 0.1) is 5.82 Å². The van der Waals surface area contributed by atoms with Crippen molar-refractivity contribution in [1.29, 1.82) is 0 Å². The van der Waals surface area contributed by atoms with Gasteiger partial charge < -0.3 is 5.73 Å². The molecule has 2 aromatic rings. The molecule has 0 spiro atoms. The lowest BCUT2D eigenvalue weighted by Gasteiger charge is -2.06. The second-order valence-electron chi connectivity index (χ2n) is 3.43. The summed E-state index contributed by atoms with van der Waals surface area (Å²) in [6, 6.07) is 6.48. The van der Waals surface area contributed by atoms with Gasteiger partial charge in [-0.05, 0) is 23.8 Å². The van der Waals surface area contributed by atoms with Crippen molar-refractivity contribution in [1.82, 2.24) is 9.78 Å². The molecule has 0 aliphatic heterocycles. The minimum Gasteiger partial charge on any atom is -0.325 e. The summed E-state index contributed by atoms with van der Waals surface area (Å²) in [5.41, 5.74) is 7.38. The SMILES string of the molecule is NCc1ccnn1Cc1ccc(F)c(Cl)c1. The summed E-state index contributed by atoms with van der Waals surface area (Å²) in [4.78, 5) is 0. The van der Waals surface area contributed by atoms with Crippen LogP contribution >= 0.6 is 11.6 Å². The summed E-state index contributed by atoms with van der Waals surface area (Å²) < 4.78 is 14.7. The summed E-state index contributed by atoms with van der Waals surface area (Å²) in [7, 11) is 0. The van der Waals surface area contributed by atoms with Crippen LogP contribution in [0.15, 0.2) is 30.5 Å². The van der Waals surface area contributed by atoms with Crippen molar-refractivity contribution in [2.45, 2.75) is 13.1 Å². The monoisotopic (exact) mass is 239 g/mol. The van der Waals surface area contributed by atoms with Gasteiger partial charge in [0.25, 0.3) is 0 Å². The van der Waals surface area contributed by atoms with E-state index in [1.807, 2.05) is 6.07 Å². The Morgan fingerprint density at radius 1 is 1.38 bits per heavy atom. The van der Waals surface area contributed by atoms with Crippen molar-refractivity contribution in [2.75, 3.05) is 0 Å². The van der Waals surface area contributed by atoms with Crippen molar-refractivity contribution >= 4 is 11.6 Å². The van der Waals surface area contributed by atoms with Crippen molar-refractivity contribution in [3.63, 3.8) is 0 Å². The molecular weight excluding hydrogens is 229 g/mol. The van der Waals surface area contributed by atoms with Gasteiger partial charge >= 0.3 is 0 Å². The molecule has 0 aliphatic carbocycles. The van der Waals surface area contributed by atoms with Gasteiger partial charge in [-0.1, -0.05) is 17.7 Å². The normalized spacial score (nSPS) is 10.7. The molecular formula is C11H11ClFN3. The van der Waals surface area contributed by atoms with Crippen LogP contribution < -0.4 is 5.73 Å². The van der Waals surface area contributed by atoms with Gasteiger partial charge in [0, 0.05) is 12.7 Å². The molecule has 0 saturated carbocycles. The Labute approximate surface area is 97.6 Å². The molecule has 2 N–H and O–H groups in total. The lowest BCUT2D eigenvalue weighted by molar-refractivity contribution is 0.621. The van der Waals surface area contributed by atoms with Gasteiger partial charge in [0.05, 0.1) is 17.3 Å². The van der Waals surface area contributed by atoms with E-state index < -0.39 is 5.82 Å². The molecule has 0 radical (unpaired) electrons. The lowest BCUT2D eigenvalue weighted by atomic mass is 10.2. The molecule has 1 aromatic carbocycles. The zero-order chi connectivity index (χ0) is 11.5. The molecule has 0 amide bonds. The average Bonchev–Trinajstić information content (AvgIpc) is 2.71. The Morgan fingerprint density at radius 2 is 2.19 bits per heavy atom. The van der Waals surface area contributed by atoms with Crippen LogP contribution in [0.2, 0.25) is 5.02 Å². The van der Waals surface area contributed by atoms with Crippen molar-refractivity contribution in [2.24, 2.45) is 5.73 Å². The van der Waals surface area contributed by atoms with Gasteiger partial charge in [-0.3, -0.25) is 4.68 Å². The number of benzene rings is 1. The molecule has 2 rings (SSSR count). The van der Waals surface area contributed by atoms with Crippen LogP contribution in [0.25, 0.3) is 0 Å². The van der Waals surface area contributed by atoms with Crippen LogP contribution in [0.5, 0.6) is 0 Å². The number of hydrogen-bond donors (Lipinski definition) is 1. The zero-order valence-electron chi connectivity index (χ0n) is 8.53. The van der Waals surface area contributed by atoms with Gasteiger partial charge in [-0.2, -0.15) is 5.10 Å². The van der Waals surface area contributed by atoms with E-state index in [4.69, 9.17) is 17.3 Å². The zero-order valence-corrected chi connectivity index (χ0v) is 9.28. The molecule has 1 aromatic heterocycles. The smallest absolute Gasteiger partial charge is 0.141 e. The number of halogens is 2. The van der Waals surface area contributed by atoms with Crippen molar-refractivity contribution < 1.29 is 4.39 Å². The van der Waals surface area contributed by atoms with E-state index in [2.05, 4.69) is 5.10 Å². The molecule has 16 heavy (non-hydrogen) atoms. The fourth-order valence-corrected chi connectivity index (χ4v) is 1.69. The molecule has 0 bridgehead atoms. The highest BCUT2D eigenvalue weighted by molar-refractivity contribution is 6.30. The Hall–Kier alpha value is -1.39. The largest absolute Gasteiger partial charge is 0.325 e. The van der Waals surface area contributed by atoms with Gasteiger partial charge in [0.2, 0.25) is 0 Å². The minimum absolute atomic E-state index is 0.124. The Kier molecular flexibility index (Phi) is 3.22. The van der Waals surface area contributed by atoms with E-state index in [0.29, 0.717) is 13.1 Å². The van der Waals surface area contributed by atoms with E-state index in [1.54, 1.807) is 23.0 Å². The topological polar surface area (TPSA) is 43.8 Å². The van der Waals surface area contributed by atoms with Crippen molar-refractivity contribution in [3.8, 4) is 0 Å². The highest BCUT2D eigenvalue weighted by atomic mass is 35.5. The molecule has 84 valence electrons. The second kappa shape index (κ2) is 4.63. The van der Waals surface area contributed by atoms with E-state index >= 15 is 0 Å². The van der Waals surface area contributed by atoms with Crippen molar-refractivity contribution in [3.05, 3.63) is 52.6 Å². The Morgan fingerprint density at radius 3 is 2.88 bits per heavy atom. The second-order valence-corrected chi connectivity index (χ2v) is 3.84. The van der Waals surface area contributed by atoms with Crippen LogP contribution in [0.4, 0.5) is 4.39 Å². The minimum atomic E-state index is -0.412. The summed E-state index contributed by atoms with van der Waals surface area (Å²) in [6.07, 6.45) is 1.69. The first-order chi connectivity index (χ1) is 7.70. The average molecular weight is 240 g/mol. The number of nitrogens with zero attached hydrogens (tertiary/aromatic N) is 2. The Balaban J connectivity index is 2.24. The summed E-state index contributed by atoms with van der Waals surface area (Å²) in [5.74, 6) is -0.412. The standard InChI is InChI=1S/C11H11ClFN3/c12-10-5-8(1-2-11(10)13)7-16-9(6-14)3-4-15-16/h1-5H,6-7,14H2. The van der Waals surface area contributed by atoms with Gasteiger partial charge in [0.1, 0.15) is 5.82 Å². The van der Waals surface area contributed by atoms with E-state index in [9.17, 15) is 4.39 Å². The highest BCUT2D eigenvalue weighted by Gasteiger charge is 2.04. The third-order valence-electron chi connectivity index (χ3n) is 2.33. The van der Waals surface area contributed by atoms with Gasteiger partial charge in [-0.25, -0.2) is 4.39 Å². The van der Waals surface area contributed by atoms with E-state index in [-0.39, 0.29) is 5.02 Å². The van der Waals surface area contributed by atoms with Crippen LogP contribution in [-0.4, -0.2) is 9.78 Å². The molecule has 0 aliphatic rings. The molecule has 3 nitrogen and oxygen atoms in total. The molecule has 0 fully saturated rings. The van der Waals surface area contributed by atoms with Gasteiger partial charge in [-0.15, -0.1) is 0 Å². The quantitative estimate of drug-likeness (QED) is 0.892. The molecule has 1 heterocycles. The first-order valence-electron chi connectivity index (χ1n) is 4.85. The highest BCUT2D eigenvalue weighted by Crippen LogP contribution is 2.16. The molecule has 0 atom stereocenters. The first kappa shape index (κ1) is 11.1. The number of nitrogens with two attached hydrogens (primary N) is 1. The predicted octanol–water partition coefficient (Wildman–Crippen LogP) is 2.18. The van der Waals surface area contributed by atoms with Crippen LogP contribution in [0.3, 0.4) is 0 Å². The first-order valence-corrected chi connectivity index (χ1v) is 5.23. The predicted molar refractivity (Wildman–Crippen MR) is 60.6 cm³/mol. The maximum Gasteiger partial charge on any atom is 0.141 e. The van der Waals surface area contributed by atoms with E-state index in [1.165, 1.54) is 6.07 Å². The third-order valence-corrected chi connectivity index (χ3v) is 2.62. The summed E-state index contributed by atoms with van der Waals surface area (Å²) in [6.45, 7) is 0.967. The van der Waals surface area contributed by atoms with Gasteiger partial charge in [0.15, 0.2) is 0 Å². The molecule has 5 heteroatoms. The van der Waals surface area contributed by atoms with Crippen LogP contribution in [0.1, 0.15) is 11.3 Å². The van der Waals surface area contributed by atoms with Crippen LogP contribution in [-0.2, 0) is 13.1 Å². The maximum atomic E-state index is 12.9. The summed E-state index contributed by atoms with van der Waals surface area (Å²) in [5, 5.41) is 4.26. The number of aromatic nitrogens is 2. The summed E-state index contributed by atoms with van der Waals surface area (Å²) >= 11 is 5.70. The molecule has 0 unspecified atom stereocenters. The van der Waals surface area contributed by atoms with E-state index in [0.717, 1.165) is 11.3 Å². The third kappa shape index (κ3) is 2.23. The maximum absolute atomic E-state index is 12.9. The Bertz CT molecular complexity index is 496. The fraction of sp³-hybridized carbons (Fsp3) is 0.182. The number of rotatable bonds is 3. The number of hydrogen-bond acceptors (Lipinski definition) is 2.